The van der Waals surface area contributed by atoms with Crippen LogP contribution in [0.1, 0.15) is 66.3 Å². The number of nitrogens with one attached hydrogen (secondary N) is 1. The fraction of sp³-hybridized carbons (Fsp3) is 0.444. The highest BCUT2D eigenvalue weighted by Gasteiger charge is 2.34. The minimum atomic E-state index is -0.737. The Morgan fingerprint density at radius 1 is 1.00 bits per heavy atom. The van der Waals surface area contributed by atoms with E-state index < -0.39 is 24.5 Å². The Morgan fingerprint density at radius 3 is 2.36 bits per heavy atom. The maximum absolute atomic E-state index is 13.0. The molecule has 0 aromatic heterocycles. The average molecular weight is 452 g/mol. The summed E-state index contributed by atoms with van der Waals surface area (Å²) >= 11 is 0. The number of carbonyl (C=O) groups excluding carboxylic acids is 3. The van der Waals surface area contributed by atoms with Crippen LogP contribution in [0.4, 0.5) is 5.69 Å². The number of aryl methyl sites for hydroxylation is 1. The second-order valence-electron chi connectivity index (χ2n) is 9.31. The molecule has 2 aromatic rings. The number of rotatable bonds is 7. The molecule has 1 N–H and O–H groups in total. The number of hydrogen-bond acceptors (Lipinski definition) is 5. The molecule has 1 fully saturated rings. The highest BCUT2D eigenvalue weighted by molar-refractivity contribution is 6.04. The van der Waals surface area contributed by atoms with Crippen LogP contribution in [0.3, 0.4) is 0 Å². The van der Waals surface area contributed by atoms with Gasteiger partial charge in [0.25, 0.3) is 5.91 Å². The van der Waals surface area contributed by atoms with E-state index in [1.165, 1.54) is 6.07 Å². The van der Waals surface area contributed by atoms with Crippen LogP contribution in [0.15, 0.2) is 48.5 Å². The van der Waals surface area contributed by atoms with Gasteiger partial charge in [0.1, 0.15) is 6.10 Å². The summed E-state index contributed by atoms with van der Waals surface area (Å²) in [6.07, 6.45) is 2.80. The Labute approximate surface area is 195 Å². The van der Waals surface area contributed by atoms with Gasteiger partial charge in [0.05, 0.1) is 11.1 Å². The largest absolute Gasteiger partial charge is 0.458 e. The minimum absolute atomic E-state index is 0.0933. The molecule has 3 atom stereocenters. The van der Waals surface area contributed by atoms with Crippen molar-refractivity contribution in [2.45, 2.75) is 53.1 Å². The number of anilines is 1. The van der Waals surface area contributed by atoms with Crippen molar-refractivity contribution in [2.24, 2.45) is 17.8 Å². The number of esters is 2. The maximum atomic E-state index is 13.0. The second-order valence-corrected chi connectivity index (χ2v) is 9.31. The van der Waals surface area contributed by atoms with Crippen molar-refractivity contribution in [3.63, 3.8) is 0 Å². The molecular weight excluding hydrogens is 418 g/mol. The smallest absolute Gasteiger partial charge is 0.339 e. The summed E-state index contributed by atoms with van der Waals surface area (Å²) in [5.41, 5.74) is 1.88. The summed E-state index contributed by atoms with van der Waals surface area (Å²) in [5, 5.41) is 2.69. The number of hydrogen-bond donors (Lipinski definition) is 1. The Kier molecular flexibility index (Phi) is 8.26. The van der Waals surface area contributed by atoms with E-state index in [0.29, 0.717) is 23.4 Å². The van der Waals surface area contributed by atoms with Crippen LogP contribution >= 0.6 is 0 Å². The molecule has 1 aliphatic carbocycles. The Morgan fingerprint density at radius 2 is 1.70 bits per heavy atom. The molecule has 6 nitrogen and oxygen atoms in total. The van der Waals surface area contributed by atoms with Gasteiger partial charge in [0.15, 0.2) is 6.61 Å². The summed E-state index contributed by atoms with van der Waals surface area (Å²) in [6.45, 7) is 7.93. The summed E-state index contributed by atoms with van der Waals surface area (Å²) in [4.78, 5) is 37.9. The lowest BCUT2D eigenvalue weighted by Crippen LogP contribution is -2.36. The molecule has 33 heavy (non-hydrogen) atoms. The third-order valence-electron chi connectivity index (χ3n) is 6.22. The van der Waals surface area contributed by atoms with Crippen LogP contribution in [0.2, 0.25) is 0 Å². The maximum Gasteiger partial charge on any atom is 0.339 e. The zero-order valence-corrected chi connectivity index (χ0v) is 19.8. The number of amides is 1. The molecular formula is C27H33NO5. The van der Waals surface area contributed by atoms with Gasteiger partial charge in [-0.2, -0.15) is 0 Å². The van der Waals surface area contributed by atoms with E-state index in [1.807, 2.05) is 25.1 Å². The van der Waals surface area contributed by atoms with E-state index in [9.17, 15) is 14.4 Å². The normalized spacial score (nSPS) is 20.2. The van der Waals surface area contributed by atoms with Crippen molar-refractivity contribution < 1.29 is 23.9 Å². The van der Waals surface area contributed by atoms with Gasteiger partial charge < -0.3 is 14.8 Å². The molecule has 3 rings (SSSR count). The molecule has 0 bridgehead atoms. The Balaban J connectivity index is 1.64. The molecule has 1 aliphatic rings. The SMILES string of the molecule is Cc1cccc(NC(=O)COC(=O)c2ccccc2C(=O)O[C@@H]2C[C@H](C)CC[C@H]2C(C)C)c1. The molecule has 0 unspecified atom stereocenters. The third-order valence-corrected chi connectivity index (χ3v) is 6.22. The van der Waals surface area contributed by atoms with Crippen LogP contribution in [0, 0.1) is 24.7 Å². The van der Waals surface area contributed by atoms with Crippen molar-refractivity contribution in [3.8, 4) is 0 Å². The van der Waals surface area contributed by atoms with Gasteiger partial charge in [-0.25, -0.2) is 9.59 Å². The molecule has 0 heterocycles. The van der Waals surface area contributed by atoms with E-state index in [0.717, 1.165) is 24.8 Å². The molecule has 2 aromatic carbocycles. The zero-order valence-electron chi connectivity index (χ0n) is 19.8. The highest BCUT2D eigenvalue weighted by Crippen LogP contribution is 2.35. The van der Waals surface area contributed by atoms with Crippen molar-refractivity contribution >= 4 is 23.5 Å². The summed E-state index contributed by atoms with van der Waals surface area (Å²) < 4.78 is 11.1. The number of ether oxygens (including phenoxy) is 2. The van der Waals surface area contributed by atoms with Gasteiger partial charge in [-0.05, 0) is 67.3 Å². The molecule has 6 heteroatoms. The first-order valence-electron chi connectivity index (χ1n) is 11.6. The molecule has 0 radical (unpaired) electrons. The fourth-order valence-electron chi connectivity index (χ4n) is 4.42. The van der Waals surface area contributed by atoms with Gasteiger partial charge in [-0.15, -0.1) is 0 Å². The lowest BCUT2D eigenvalue weighted by atomic mass is 9.75. The molecule has 0 saturated heterocycles. The third kappa shape index (κ3) is 6.67. The molecule has 176 valence electrons. The fourth-order valence-corrected chi connectivity index (χ4v) is 4.42. The zero-order chi connectivity index (χ0) is 24.0. The first-order valence-corrected chi connectivity index (χ1v) is 11.6. The second kappa shape index (κ2) is 11.1. The van der Waals surface area contributed by atoms with Crippen LogP contribution < -0.4 is 5.32 Å². The van der Waals surface area contributed by atoms with E-state index in [2.05, 4.69) is 26.1 Å². The van der Waals surface area contributed by atoms with Crippen LogP contribution in [-0.4, -0.2) is 30.6 Å². The van der Waals surface area contributed by atoms with E-state index in [-0.39, 0.29) is 17.2 Å². The van der Waals surface area contributed by atoms with Crippen LogP contribution in [0.5, 0.6) is 0 Å². The summed E-state index contributed by atoms with van der Waals surface area (Å²) in [5.74, 6) is -0.525. The van der Waals surface area contributed by atoms with E-state index >= 15 is 0 Å². The molecule has 0 spiro atoms. The van der Waals surface area contributed by atoms with Crippen molar-refractivity contribution in [1.82, 2.24) is 0 Å². The van der Waals surface area contributed by atoms with Crippen LogP contribution in [-0.2, 0) is 14.3 Å². The monoisotopic (exact) mass is 451 g/mol. The average Bonchev–Trinajstić information content (AvgIpc) is 2.77. The molecule has 1 amide bonds. The molecule has 1 saturated carbocycles. The van der Waals surface area contributed by atoms with Gasteiger partial charge in [0.2, 0.25) is 0 Å². The standard InChI is InChI=1S/C27H33NO5/c1-17(2)21-13-12-19(4)15-24(21)33-27(31)23-11-6-5-10-22(23)26(30)32-16-25(29)28-20-9-7-8-18(3)14-20/h5-11,14,17,19,21,24H,12-13,15-16H2,1-4H3,(H,28,29)/t19-,21+,24-/m1/s1. The van der Waals surface area contributed by atoms with Gasteiger partial charge >= 0.3 is 11.9 Å². The van der Waals surface area contributed by atoms with Crippen molar-refractivity contribution in [3.05, 3.63) is 65.2 Å². The van der Waals surface area contributed by atoms with Crippen LogP contribution in [0.25, 0.3) is 0 Å². The number of benzene rings is 2. The first kappa shape index (κ1) is 24.5. The highest BCUT2D eigenvalue weighted by atomic mass is 16.5. The first-order chi connectivity index (χ1) is 15.7. The quantitative estimate of drug-likeness (QED) is 0.570. The van der Waals surface area contributed by atoms with Crippen molar-refractivity contribution in [2.75, 3.05) is 11.9 Å². The minimum Gasteiger partial charge on any atom is -0.458 e. The lowest BCUT2D eigenvalue weighted by molar-refractivity contribution is -0.119. The van der Waals surface area contributed by atoms with E-state index in [4.69, 9.17) is 9.47 Å². The summed E-state index contributed by atoms with van der Waals surface area (Å²) in [6, 6.07) is 13.7. The predicted octanol–water partition coefficient (Wildman–Crippen LogP) is 5.41. The lowest BCUT2D eigenvalue weighted by Gasteiger charge is -2.36. The Bertz CT molecular complexity index is 1000. The topological polar surface area (TPSA) is 81.7 Å². The molecule has 0 aliphatic heterocycles. The van der Waals surface area contributed by atoms with Crippen molar-refractivity contribution in [1.29, 1.82) is 0 Å². The van der Waals surface area contributed by atoms with Gasteiger partial charge in [-0.1, -0.05) is 51.5 Å². The van der Waals surface area contributed by atoms with Gasteiger partial charge in [0, 0.05) is 5.69 Å². The summed E-state index contributed by atoms with van der Waals surface area (Å²) in [7, 11) is 0. The van der Waals surface area contributed by atoms with E-state index in [1.54, 1.807) is 24.3 Å². The van der Waals surface area contributed by atoms with Gasteiger partial charge in [-0.3, -0.25) is 4.79 Å². The predicted molar refractivity (Wildman–Crippen MR) is 127 cm³/mol. The number of carbonyl (C=O) groups is 3. The Hall–Kier alpha value is -3.15.